The van der Waals surface area contributed by atoms with E-state index in [4.69, 9.17) is 0 Å². The Morgan fingerprint density at radius 1 is 1.38 bits per heavy atom. The van der Waals surface area contributed by atoms with Gasteiger partial charge in [-0.15, -0.1) is 0 Å². The molecule has 0 atom stereocenters. The monoisotopic (exact) mass is 130 g/mol. The first-order valence-corrected chi connectivity index (χ1v) is 3.93. The third-order valence-corrected chi connectivity index (χ3v) is 2.79. The molecule has 0 aromatic rings. The maximum Gasteiger partial charge on any atom is 0.161 e. The molecule has 0 unspecified atom stereocenters. The number of hydrogen-bond donors (Lipinski definition) is 0. The molecule has 1 rings (SSSR count). The van der Waals surface area contributed by atoms with Gasteiger partial charge in [0.1, 0.15) is 0 Å². The second kappa shape index (κ2) is 2.14. The summed E-state index contributed by atoms with van der Waals surface area (Å²) in [5.74, 6) is 0. The lowest BCUT2D eigenvalue weighted by atomic mass is 10.1. The lowest BCUT2D eigenvalue weighted by molar-refractivity contribution is 0.559. The van der Waals surface area contributed by atoms with Gasteiger partial charge < -0.3 is 0 Å². The van der Waals surface area contributed by atoms with E-state index in [2.05, 4.69) is 6.92 Å². The Hall–Kier alpha value is 0.100. The van der Waals surface area contributed by atoms with Crippen LogP contribution in [0.15, 0.2) is 0 Å². The van der Waals surface area contributed by atoms with Gasteiger partial charge in [0.25, 0.3) is 0 Å². The number of rotatable bonds is 1. The van der Waals surface area contributed by atoms with Gasteiger partial charge in [-0.1, -0.05) is 12.8 Å². The minimum atomic E-state index is 0.153. The van der Waals surface area contributed by atoms with Crippen molar-refractivity contribution in [2.75, 3.05) is 0 Å². The van der Waals surface area contributed by atoms with Crippen LogP contribution in [0.4, 0.5) is 0 Å². The van der Waals surface area contributed by atoms with Crippen LogP contribution in [0.5, 0.6) is 0 Å². The lowest BCUT2D eigenvalue weighted by Gasteiger charge is -2.10. The standard InChI is InChI=1S/C6H11OP/c1-6(8-7)4-2-3-5-6/h2-5H2,1H3. The fourth-order valence-corrected chi connectivity index (χ4v) is 1.73. The van der Waals surface area contributed by atoms with Crippen LogP contribution in [0.1, 0.15) is 32.6 Å². The minimum absolute atomic E-state index is 0.153. The molecule has 0 N–H and O–H groups in total. The molecule has 0 saturated heterocycles. The van der Waals surface area contributed by atoms with Gasteiger partial charge in [0.2, 0.25) is 0 Å². The second-order valence-corrected chi connectivity index (χ2v) is 4.06. The molecule has 0 amide bonds. The summed E-state index contributed by atoms with van der Waals surface area (Å²) in [5.41, 5.74) is 0. The van der Waals surface area contributed by atoms with Crippen LogP contribution in [0.3, 0.4) is 0 Å². The van der Waals surface area contributed by atoms with Crippen LogP contribution in [0, 0.1) is 0 Å². The van der Waals surface area contributed by atoms with Gasteiger partial charge >= 0.3 is 0 Å². The van der Waals surface area contributed by atoms with E-state index in [0.29, 0.717) is 8.46 Å². The average molecular weight is 130 g/mol. The van der Waals surface area contributed by atoms with Crippen LogP contribution in [0.2, 0.25) is 0 Å². The van der Waals surface area contributed by atoms with Gasteiger partial charge in [0.15, 0.2) is 8.46 Å². The molecule has 0 radical (unpaired) electrons. The van der Waals surface area contributed by atoms with Crippen molar-refractivity contribution in [3.05, 3.63) is 0 Å². The van der Waals surface area contributed by atoms with E-state index in [1.54, 1.807) is 0 Å². The summed E-state index contributed by atoms with van der Waals surface area (Å²) in [4.78, 5) is 0. The highest BCUT2D eigenvalue weighted by Gasteiger charge is 2.28. The molecule has 0 aromatic heterocycles. The third kappa shape index (κ3) is 1.08. The molecular formula is C6H11OP. The zero-order chi connectivity index (χ0) is 6.04. The average Bonchev–Trinajstić information content (AvgIpc) is 2.17. The maximum absolute atomic E-state index is 10.4. The zero-order valence-corrected chi connectivity index (χ0v) is 6.08. The fourth-order valence-electron chi connectivity index (χ4n) is 1.23. The van der Waals surface area contributed by atoms with Crippen molar-refractivity contribution in [3.63, 3.8) is 0 Å². The molecule has 8 heavy (non-hydrogen) atoms. The first kappa shape index (κ1) is 6.22. The molecule has 1 saturated carbocycles. The van der Waals surface area contributed by atoms with E-state index < -0.39 is 0 Å². The predicted octanol–water partition coefficient (Wildman–Crippen LogP) is 2.61. The second-order valence-electron chi connectivity index (χ2n) is 2.80. The highest BCUT2D eigenvalue weighted by Crippen LogP contribution is 2.39. The van der Waals surface area contributed by atoms with E-state index in [1.807, 2.05) is 0 Å². The van der Waals surface area contributed by atoms with Crippen molar-refractivity contribution in [1.82, 2.24) is 0 Å². The van der Waals surface area contributed by atoms with Crippen molar-refractivity contribution in [1.29, 1.82) is 0 Å². The predicted molar refractivity (Wildman–Crippen MR) is 34.5 cm³/mol. The molecule has 1 fully saturated rings. The van der Waals surface area contributed by atoms with E-state index in [9.17, 15) is 4.57 Å². The van der Waals surface area contributed by atoms with Crippen molar-refractivity contribution in [3.8, 4) is 0 Å². The molecule has 1 nitrogen and oxygen atoms in total. The van der Waals surface area contributed by atoms with Crippen LogP contribution in [-0.2, 0) is 4.57 Å². The Bertz CT molecular complexity index is 94.7. The van der Waals surface area contributed by atoms with Crippen molar-refractivity contribution in [2.45, 2.75) is 37.8 Å². The smallest absolute Gasteiger partial charge is 0.161 e. The van der Waals surface area contributed by atoms with Gasteiger partial charge in [-0.2, -0.15) is 0 Å². The molecule has 46 valence electrons. The van der Waals surface area contributed by atoms with Crippen LogP contribution < -0.4 is 0 Å². The van der Waals surface area contributed by atoms with Crippen LogP contribution in [-0.4, -0.2) is 5.16 Å². The molecule has 2 heteroatoms. The summed E-state index contributed by atoms with van der Waals surface area (Å²) in [6.07, 6.45) is 4.84. The molecule has 1 aliphatic carbocycles. The molecule has 0 bridgehead atoms. The van der Waals surface area contributed by atoms with Crippen LogP contribution >= 0.6 is 8.46 Å². The van der Waals surface area contributed by atoms with Crippen LogP contribution in [0.25, 0.3) is 0 Å². The normalized spacial score (nSPS) is 26.6. The van der Waals surface area contributed by atoms with Gasteiger partial charge in [-0.3, -0.25) is 4.57 Å². The van der Waals surface area contributed by atoms with E-state index in [1.165, 1.54) is 12.8 Å². The summed E-state index contributed by atoms with van der Waals surface area (Å²) in [6, 6.07) is 0. The topological polar surface area (TPSA) is 17.1 Å². The third-order valence-electron chi connectivity index (χ3n) is 1.90. The van der Waals surface area contributed by atoms with Gasteiger partial charge in [0, 0.05) is 5.16 Å². The first-order valence-electron chi connectivity index (χ1n) is 3.11. The summed E-state index contributed by atoms with van der Waals surface area (Å²) < 4.78 is 10.4. The summed E-state index contributed by atoms with van der Waals surface area (Å²) in [6.45, 7) is 2.09. The highest BCUT2D eigenvalue weighted by atomic mass is 31.1. The Morgan fingerprint density at radius 3 is 2.12 bits per heavy atom. The summed E-state index contributed by atoms with van der Waals surface area (Å²) >= 11 is 0. The van der Waals surface area contributed by atoms with Crippen molar-refractivity contribution < 1.29 is 4.57 Å². The molecule has 1 aliphatic rings. The van der Waals surface area contributed by atoms with E-state index >= 15 is 0 Å². The molecule has 0 aromatic carbocycles. The highest BCUT2D eigenvalue weighted by molar-refractivity contribution is 7.26. The first-order chi connectivity index (χ1) is 3.77. The number of hydrogen-bond acceptors (Lipinski definition) is 1. The summed E-state index contributed by atoms with van der Waals surface area (Å²) in [7, 11) is 0.350. The fraction of sp³-hybridized carbons (Fsp3) is 1.00. The van der Waals surface area contributed by atoms with Gasteiger partial charge in [-0.25, -0.2) is 0 Å². The molecule has 0 spiro atoms. The Balaban J connectivity index is 2.52. The molecule has 0 heterocycles. The largest absolute Gasteiger partial charge is 0.274 e. The lowest BCUT2D eigenvalue weighted by Crippen LogP contribution is -2.07. The maximum atomic E-state index is 10.4. The summed E-state index contributed by atoms with van der Waals surface area (Å²) in [5, 5.41) is 0.153. The van der Waals surface area contributed by atoms with E-state index in [-0.39, 0.29) is 5.16 Å². The zero-order valence-electron chi connectivity index (χ0n) is 5.18. The molecule has 0 aliphatic heterocycles. The van der Waals surface area contributed by atoms with Crippen molar-refractivity contribution in [2.24, 2.45) is 0 Å². The van der Waals surface area contributed by atoms with E-state index in [0.717, 1.165) is 12.8 Å². The van der Waals surface area contributed by atoms with Gasteiger partial charge in [0.05, 0.1) is 0 Å². The van der Waals surface area contributed by atoms with Crippen molar-refractivity contribution >= 4 is 8.46 Å². The quantitative estimate of drug-likeness (QED) is 0.498. The molecular weight excluding hydrogens is 119 g/mol. The SMILES string of the molecule is CC1(P=O)CCCC1. The minimum Gasteiger partial charge on any atom is -0.274 e. The Labute approximate surface area is 51.7 Å². The Morgan fingerprint density at radius 2 is 1.88 bits per heavy atom. The van der Waals surface area contributed by atoms with Gasteiger partial charge in [-0.05, 0) is 19.8 Å². The Kier molecular flexibility index (Phi) is 1.67.